The largest absolute Gasteiger partial charge is 0.491 e. The second-order valence-electron chi connectivity index (χ2n) is 8.25. The first kappa shape index (κ1) is 25.6. The van der Waals surface area contributed by atoms with E-state index in [1.165, 1.54) is 4.90 Å². The van der Waals surface area contributed by atoms with E-state index in [-0.39, 0.29) is 24.3 Å². The summed E-state index contributed by atoms with van der Waals surface area (Å²) in [6.45, 7) is 0.811. The fraction of sp³-hybridized carbons (Fsp3) is 0.103. The van der Waals surface area contributed by atoms with Gasteiger partial charge in [0.15, 0.2) is 0 Å². The summed E-state index contributed by atoms with van der Waals surface area (Å²) in [7, 11) is 0. The number of nitrogens with zero attached hydrogens (tertiary/aromatic N) is 1. The first-order valence-electron chi connectivity index (χ1n) is 11.5. The quantitative estimate of drug-likeness (QED) is 0.183. The van der Waals surface area contributed by atoms with Gasteiger partial charge in [-0.25, -0.2) is 0 Å². The van der Waals surface area contributed by atoms with Crippen molar-refractivity contribution in [1.82, 2.24) is 4.90 Å². The summed E-state index contributed by atoms with van der Waals surface area (Å²) in [5.74, 6) is 1.07. The number of benzene rings is 4. The highest BCUT2D eigenvalue weighted by molar-refractivity contribution is 9.11. The highest BCUT2D eigenvalue weighted by Gasteiger charge is 2.35. The third-order valence-electron chi connectivity index (χ3n) is 5.74. The third-order valence-corrected chi connectivity index (χ3v) is 7.83. The van der Waals surface area contributed by atoms with Crippen molar-refractivity contribution < 1.29 is 19.1 Å². The minimum absolute atomic E-state index is 0.172. The average molecular weight is 639 g/mol. The molecule has 0 spiro atoms. The minimum Gasteiger partial charge on any atom is -0.491 e. The van der Waals surface area contributed by atoms with Crippen molar-refractivity contribution in [2.45, 2.75) is 6.61 Å². The first-order chi connectivity index (χ1) is 18.0. The number of thioether (sulfide) groups is 1. The number of hydrogen-bond acceptors (Lipinski definition) is 5. The van der Waals surface area contributed by atoms with Gasteiger partial charge in [0.1, 0.15) is 24.7 Å². The number of rotatable bonds is 8. The molecule has 1 fully saturated rings. The summed E-state index contributed by atoms with van der Waals surface area (Å²) in [6, 6.07) is 27.4. The number of halogens is 2. The van der Waals surface area contributed by atoms with Gasteiger partial charge >= 0.3 is 0 Å². The molecule has 0 unspecified atom stereocenters. The Morgan fingerprint density at radius 1 is 0.838 bits per heavy atom. The Hall–Kier alpha value is -3.07. The molecule has 0 atom stereocenters. The molecular formula is C29H21Br2NO4S. The van der Waals surface area contributed by atoms with E-state index < -0.39 is 0 Å². The number of amides is 2. The standard InChI is InChI=1S/C29H21Br2NO4S/c30-23-15-20(16-24(31)27(23)36-18-19-7-2-1-3-8-19)17-26-28(33)32(29(34)37-26)13-14-35-25-12-6-10-21-9-4-5-11-22(21)25/h1-12,15-17H,13-14,18H2/b26-17-. The van der Waals surface area contributed by atoms with E-state index in [1.54, 1.807) is 6.08 Å². The van der Waals surface area contributed by atoms with Crippen LogP contribution in [0.2, 0.25) is 0 Å². The van der Waals surface area contributed by atoms with Crippen LogP contribution in [0.4, 0.5) is 4.79 Å². The van der Waals surface area contributed by atoms with Crippen molar-refractivity contribution in [3.8, 4) is 11.5 Å². The minimum atomic E-state index is -0.326. The molecular weight excluding hydrogens is 618 g/mol. The zero-order valence-electron chi connectivity index (χ0n) is 19.5. The van der Waals surface area contributed by atoms with Crippen LogP contribution in [0.1, 0.15) is 11.1 Å². The molecule has 0 aromatic heterocycles. The Kier molecular flexibility index (Phi) is 7.98. The van der Waals surface area contributed by atoms with Crippen LogP contribution in [0.15, 0.2) is 98.8 Å². The molecule has 5 nitrogen and oxygen atoms in total. The smallest absolute Gasteiger partial charge is 0.293 e. The average Bonchev–Trinajstić information content (AvgIpc) is 3.16. The number of imide groups is 1. The topological polar surface area (TPSA) is 55.8 Å². The molecule has 186 valence electrons. The lowest BCUT2D eigenvalue weighted by Crippen LogP contribution is -2.32. The van der Waals surface area contributed by atoms with Crippen molar-refractivity contribution in [3.63, 3.8) is 0 Å². The van der Waals surface area contributed by atoms with Crippen molar-refractivity contribution in [2.24, 2.45) is 0 Å². The summed E-state index contributed by atoms with van der Waals surface area (Å²) in [4.78, 5) is 27.2. The molecule has 0 N–H and O–H groups in total. The second-order valence-corrected chi connectivity index (χ2v) is 10.9. The summed E-state index contributed by atoms with van der Waals surface area (Å²) in [6.07, 6.45) is 1.72. The zero-order valence-corrected chi connectivity index (χ0v) is 23.5. The molecule has 0 bridgehead atoms. The number of carbonyl (C=O) groups is 2. The van der Waals surface area contributed by atoms with E-state index in [0.717, 1.165) is 48.4 Å². The molecule has 8 heteroatoms. The van der Waals surface area contributed by atoms with Crippen molar-refractivity contribution >= 4 is 71.6 Å². The lowest BCUT2D eigenvalue weighted by Gasteiger charge is -2.14. The molecule has 1 aliphatic heterocycles. The first-order valence-corrected chi connectivity index (χ1v) is 13.9. The highest BCUT2D eigenvalue weighted by Crippen LogP contribution is 2.38. The van der Waals surface area contributed by atoms with E-state index in [1.807, 2.05) is 84.9 Å². The highest BCUT2D eigenvalue weighted by atomic mass is 79.9. The van der Waals surface area contributed by atoms with Crippen LogP contribution in [-0.2, 0) is 11.4 Å². The van der Waals surface area contributed by atoms with Gasteiger partial charge in [0.2, 0.25) is 0 Å². The van der Waals surface area contributed by atoms with Gasteiger partial charge in [-0.1, -0.05) is 66.7 Å². The Bertz CT molecular complexity index is 1480. The Labute approximate surface area is 235 Å². The lowest BCUT2D eigenvalue weighted by molar-refractivity contribution is -0.123. The van der Waals surface area contributed by atoms with Gasteiger partial charge in [-0.15, -0.1) is 0 Å². The summed E-state index contributed by atoms with van der Waals surface area (Å²) in [5, 5.41) is 1.76. The van der Waals surface area contributed by atoms with Gasteiger partial charge in [0.05, 0.1) is 20.4 Å². The van der Waals surface area contributed by atoms with Crippen LogP contribution in [0, 0.1) is 0 Å². The predicted octanol–water partition coefficient (Wildman–Crippen LogP) is 8.06. The normalized spacial score (nSPS) is 14.5. The molecule has 37 heavy (non-hydrogen) atoms. The molecule has 1 aliphatic rings. The molecule has 5 rings (SSSR count). The maximum absolute atomic E-state index is 13.0. The van der Waals surface area contributed by atoms with E-state index in [4.69, 9.17) is 9.47 Å². The van der Waals surface area contributed by atoms with Gasteiger partial charge < -0.3 is 9.47 Å². The molecule has 1 heterocycles. The van der Waals surface area contributed by atoms with Crippen molar-refractivity contribution in [2.75, 3.05) is 13.2 Å². The van der Waals surface area contributed by atoms with Crippen LogP contribution in [-0.4, -0.2) is 29.2 Å². The third kappa shape index (κ3) is 5.92. The molecule has 1 saturated heterocycles. The molecule has 0 aliphatic carbocycles. The van der Waals surface area contributed by atoms with Gasteiger partial charge in [-0.3, -0.25) is 14.5 Å². The monoisotopic (exact) mass is 637 g/mol. The summed E-state index contributed by atoms with van der Waals surface area (Å²) in [5.41, 5.74) is 1.83. The van der Waals surface area contributed by atoms with Crippen molar-refractivity contribution in [1.29, 1.82) is 0 Å². The van der Waals surface area contributed by atoms with Crippen molar-refractivity contribution in [3.05, 3.63) is 110 Å². The Balaban J connectivity index is 1.24. The maximum atomic E-state index is 13.0. The van der Waals surface area contributed by atoms with Gasteiger partial charge in [-0.2, -0.15) is 0 Å². The lowest BCUT2D eigenvalue weighted by atomic mass is 10.1. The van der Waals surface area contributed by atoms with E-state index in [0.29, 0.717) is 17.3 Å². The Morgan fingerprint density at radius 2 is 1.54 bits per heavy atom. The maximum Gasteiger partial charge on any atom is 0.293 e. The number of ether oxygens (including phenoxy) is 2. The summed E-state index contributed by atoms with van der Waals surface area (Å²) < 4.78 is 13.4. The SMILES string of the molecule is O=C1S/C(=C\c2cc(Br)c(OCc3ccccc3)c(Br)c2)C(=O)N1CCOc1cccc2ccccc12. The van der Waals surface area contributed by atoms with E-state index in [2.05, 4.69) is 31.9 Å². The molecule has 0 radical (unpaired) electrons. The fourth-order valence-corrected chi connectivity index (χ4v) is 6.26. The van der Waals surface area contributed by atoms with E-state index in [9.17, 15) is 9.59 Å². The zero-order chi connectivity index (χ0) is 25.8. The Morgan fingerprint density at radius 3 is 2.32 bits per heavy atom. The molecule has 0 saturated carbocycles. The molecule has 2 amide bonds. The number of hydrogen-bond donors (Lipinski definition) is 0. The van der Waals surface area contributed by atoms with Crippen LogP contribution >= 0.6 is 43.6 Å². The number of carbonyl (C=O) groups excluding carboxylic acids is 2. The van der Waals surface area contributed by atoms with Crippen LogP contribution < -0.4 is 9.47 Å². The molecule has 4 aromatic rings. The second kappa shape index (κ2) is 11.5. The summed E-state index contributed by atoms with van der Waals surface area (Å²) >= 11 is 8.06. The number of fused-ring (bicyclic) bond motifs is 1. The van der Waals surface area contributed by atoms with E-state index >= 15 is 0 Å². The van der Waals surface area contributed by atoms with Gasteiger partial charge in [0, 0.05) is 5.39 Å². The molecule has 4 aromatic carbocycles. The van der Waals surface area contributed by atoms with Crippen LogP contribution in [0.5, 0.6) is 11.5 Å². The van der Waals surface area contributed by atoms with Crippen LogP contribution in [0.25, 0.3) is 16.8 Å². The predicted molar refractivity (Wildman–Crippen MR) is 155 cm³/mol. The van der Waals surface area contributed by atoms with Gasteiger partial charge in [0.25, 0.3) is 11.1 Å². The fourth-order valence-electron chi connectivity index (χ4n) is 3.94. The van der Waals surface area contributed by atoms with Crippen LogP contribution in [0.3, 0.4) is 0 Å². The van der Waals surface area contributed by atoms with Gasteiger partial charge in [-0.05, 0) is 84.4 Å².